The van der Waals surface area contributed by atoms with E-state index in [2.05, 4.69) is 15.0 Å². The van der Waals surface area contributed by atoms with Gasteiger partial charge in [0.2, 0.25) is 0 Å². The predicted octanol–water partition coefficient (Wildman–Crippen LogP) is 5.16. The van der Waals surface area contributed by atoms with E-state index in [9.17, 15) is 21.6 Å². The van der Waals surface area contributed by atoms with Crippen molar-refractivity contribution in [2.24, 2.45) is 0 Å². The van der Waals surface area contributed by atoms with Gasteiger partial charge in [-0.15, -0.1) is 0 Å². The molecule has 178 valence electrons. The number of anilines is 1. The Bertz CT molecular complexity index is 1370. The Kier molecular flexibility index (Phi) is 6.80. The first kappa shape index (κ1) is 23.7. The third-order valence-electron chi connectivity index (χ3n) is 5.09. The highest BCUT2D eigenvalue weighted by molar-refractivity contribution is 7.92. The number of hydrogen-bond donors (Lipinski definition) is 3. The van der Waals surface area contributed by atoms with E-state index >= 15 is 0 Å². The fourth-order valence-electron chi connectivity index (χ4n) is 3.43. The number of aromatic amines is 1. The van der Waals surface area contributed by atoms with Crippen molar-refractivity contribution in [2.45, 2.75) is 17.6 Å². The van der Waals surface area contributed by atoms with Crippen LogP contribution >= 0.6 is 0 Å². The maximum Gasteiger partial charge on any atom is 0.416 e. The fraction of sp³-hybridized carbons (Fsp3) is 0.167. The smallest absolute Gasteiger partial charge is 0.416 e. The predicted molar refractivity (Wildman–Crippen MR) is 124 cm³/mol. The SMILES string of the molecule is O=S(=O)(Nc1cccc(CNCCOc2cccc3[nH]ccc23)c1)c1ccc(C(F)(F)F)cc1. The zero-order valence-corrected chi connectivity index (χ0v) is 18.7. The van der Waals surface area contributed by atoms with Gasteiger partial charge in [-0.1, -0.05) is 18.2 Å². The third-order valence-corrected chi connectivity index (χ3v) is 6.49. The van der Waals surface area contributed by atoms with Crippen LogP contribution in [0.1, 0.15) is 11.1 Å². The minimum Gasteiger partial charge on any atom is -0.492 e. The summed E-state index contributed by atoms with van der Waals surface area (Å²) in [6, 6.07) is 17.9. The van der Waals surface area contributed by atoms with Crippen molar-refractivity contribution in [3.63, 3.8) is 0 Å². The molecule has 0 aliphatic rings. The number of rotatable bonds is 9. The number of fused-ring (bicyclic) bond motifs is 1. The van der Waals surface area contributed by atoms with Gasteiger partial charge in [0.1, 0.15) is 12.4 Å². The number of benzene rings is 3. The molecule has 6 nitrogen and oxygen atoms in total. The Morgan fingerprint density at radius 2 is 1.71 bits per heavy atom. The van der Waals surface area contributed by atoms with Crippen LogP contribution in [-0.4, -0.2) is 26.6 Å². The van der Waals surface area contributed by atoms with Crippen molar-refractivity contribution in [3.8, 4) is 5.75 Å². The maximum atomic E-state index is 12.7. The molecule has 0 saturated heterocycles. The molecule has 0 amide bonds. The number of alkyl halides is 3. The molecule has 1 aromatic heterocycles. The van der Waals surface area contributed by atoms with E-state index < -0.39 is 21.8 Å². The van der Waals surface area contributed by atoms with Crippen LogP contribution in [0.15, 0.2) is 83.9 Å². The van der Waals surface area contributed by atoms with Gasteiger partial charge < -0.3 is 15.0 Å². The van der Waals surface area contributed by atoms with Crippen LogP contribution in [0.3, 0.4) is 0 Å². The number of halogens is 3. The van der Waals surface area contributed by atoms with Crippen LogP contribution in [0.2, 0.25) is 0 Å². The number of nitrogens with one attached hydrogen (secondary N) is 3. The first-order chi connectivity index (χ1) is 16.2. The first-order valence-corrected chi connectivity index (χ1v) is 11.9. The Hall–Kier alpha value is -3.50. The zero-order valence-electron chi connectivity index (χ0n) is 17.9. The molecule has 0 unspecified atom stereocenters. The lowest BCUT2D eigenvalue weighted by Crippen LogP contribution is -2.20. The highest BCUT2D eigenvalue weighted by Crippen LogP contribution is 2.30. The summed E-state index contributed by atoms with van der Waals surface area (Å²) in [7, 11) is -4.03. The molecular weight excluding hydrogens is 467 g/mol. The highest BCUT2D eigenvalue weighted by atomic mass is 32.2. The molecule has 4 aromatic rings. The number of hydrogen-bond acceptors (Lipinski definition) is 4. The first-order valence-electron chi connectivity index (χ1n) is 10.4. The molecule has 34 heavy (non-hydrogen) atoms. The normalized spacial score (nSPS) is 12.1. The van der Waals surface area contributed by atoms with Gasteiger partial charge in [0.25, 0.3) is 10.0 Å². The topological polar surface area (TPSA) is 83.2 Å². The van der Waals surface area contributed by atoms with E-state index in [4.69, 9.17) is 4.74 Å². The molecule has 3 aromatic carbocycles. The van der Waals surface area contributed by atoms with Gasteiger partial charge in [0.15, 0.2) is 0 Å². The fourth-order valence-corrected chi connectivity index (χ4v) is 4.48. The molecule has 0 aliphatic heterocycles. The number of sulfonamides is 1. The largest absolute Gasteiger partial charge is 0.492 e. The minimum atomic E-state index is -4.53. The van der Waals surface area contributed by atoms with Crippen molar-refractivity contribution < 1.29 is 26.3 Å². The van der Waals surface area contributed by atoms with E-state index in [0.717, 1.165) is 46.5 Å². The lowest BCUT2D eigenvalue weighted by Gasteiger charge is -2.12. The summed E-state index contributed by atoms with van der Waals surface area (Å²) in [6.07, 6.45) is -2.67. The molecule has 0 fully saturated rings. The summed E-state index contributed by atoms with van der Waals surface area (Å²) in [5, 5.41) is 4.25. The summed E-state index contributed by atoms with van der Waals surface area (Å²) in [5.41, 5.74) is 1.24. The molecule has 0 radical (unpaired) electrons. The summed E-state index contributed by atoms with van der Waals surface area (Å²) < 4.78 is 71.5. The van der Waals surface area contributed by atoms with Gasteiger partial charge in [0, 0.05) is 35.9 Å². The van der Waals surface area contributed by atoms with E-state index in [1.807, 2.05) is 36.5 Å². The Labute approximate surface area is 194 Å². The van der Waals surface area contributed by atoms with Crippen LogP contribution in [0.5, 0.6) is 5.75 Å². The summed E-state index contributed by atoms with van der Waals surface area (Å²) in [4.78, 5) is 2.88. The third kappa shape index (κ3) is 5.70. The van der Waals surface area contributed by atoms with Gasteiger partial charge in [-0.2, -0.15) is 13.2 Å². The second-order valence-electron chi connectivity index (χ2n) is 7.55. The van der Waals surface area contributed by atoms with Gasteiger partial charge in [-0.25, -0.2) is 8.42 Å². The highest BCUT2D eigenvalue weighted by Gasteiger charge is 2.30. The van der Waals surface area contributed by atoms with Crippen molar-refractivity contribution in [3.05, 3.63) is 90.1 Å². The van der Waals surface area contributed by atoms with Gasteiger partial charge >= 0.3 is 6.18 Å². The van der Waals surface area contributed by atoms with Crippen LogP contribution in [-0.2, 0) is 22.7 Å². The average molecular weight is 490 g/mol. The summed E-state index contributed by atoms with van der Waals surface area (Å²) in [5.74, 6) is 0.792. The van der Waals surface area contributed by atoms with Crippen molar-refractivity contribution in [1.82, 2.24) is 10.3 Å². The summed E-state index contributed by atoms with van der Waals surface area (Å²) >= 11 is 0. The molecule has 10 heteroatoms. The van der Waals surface area contributed by atoms with Gasteiger partial charge in [-0.05, 0) is 60.2 Å². The van der Waals surface area contributed by atoms with Gasteiger partial charge in [-0.3, -0.25) is 4.72 Å². The van der Waals surface area contributed by atoms with E-state index in [1.165, 1.54) is 0 Å². The Balaban J connectivity index is 1.30. The Morgan fingerprint density at radius 3 is 2.47 bits per heavy atom. The van der Waals surface area contributed by atoms with Crippen LogP contribution in [0.4, 0.5) is 18.9 Å². The maximum absolute atomic E-state index is 12.7. The minimum absolute atomic E-state index is 0.251. The van der Waals surface area contributed by atoms with E-state index in [0.29, 0.717) is 25.4 Å². The monoisotopic (exact) mass is 489 g/mol. The van der Waals surface area contributed by atoms with Gasteiger partial charge in [0.05, 0.1) is 10.5 Å². The lowest BCUT2D eigenvalue weighted by atomic mass is 10.2. The van der Waals surface area contributed by atoms with E-state index in [1.54, 1.807) is 18.2 Å². The molecule has 0 saturated carbocycles. The van der Waals surface area contributed by atoms with Crippen LogP contribution in [0.25, 0.3) is 10.9 Å². The number of ether oxygens (including phenoxy) is 1. The lowest BCUT2D eigenvalue weighted by molar-refractivity contribution is -0.137. The standard InChI is InChI=1S/C24H22F3N3O3S/c25-24(26,27)18-7-9-20(10-8-18)34(31,32)30-19-4-1-3-17(15-19)16-28-13-14-33-23-6-2-5-22-21(23)11-12-29-22/h1-12,15,28-30H,13-14,16H2. The zero-order chi connectivity index (χ0) is 24.2. The van der Waals surface area contributed by atoms with Crippen molar-refractivity contribution in [2.75, 3.05) is 17.9 Å². The molecule has 0 bridgehead atoms. The second kappa shape index (κ2) is 9.78. The van der Waals surface area contributed by atoms with Crippen LogP contribution in [0, 0.1) is 0 Å². The second-order valence-corrected chi connectivity index (χ2v) is 9.23. The Morgan fingerprint density at radius 1 is 0.941 bits per heavy atom. The molecule has 3 N–H and O–H groups in total. The molecule has 0 spiro atoms. The van der Waals surface area contributed by atoms with Crippen LogP contribution < -0.4 is 14.8 Å². The average Bonchev–Trinajstić information content (AvgIpc) is 3.28. The quantitative estimate of drug-likeness (QED) is 0.284. The number of H-pyrrole nitrogens is 1. The van der Waals surface area contributed by atoms with Crippen molar-refractivity contribution >= 4 is 26.6 Å². The molecule has 4 rings (SSSR count). The molecule has 0 aliphatic carbocycles. The summed E-state index contributed by atoms with van der Waals surface area (Å²) in [6.45, 7) is 1.50. The number of aromatic nitrogens is 1. The van der Waals surface area contributed by atoms with Crippen molar-refractivity contribution in [1.29, 1.82) is 0 Å². The molecule has 0 atom stereocenters. The van der Waals surface area contributed by atoms with E-state index in [-0.39, 0.29) is 4.90 Å². The molecular formula is C24H22F3N3O3S. The molecule has 1 heterocycles.